The van der Waals surface area contributed by atoms with Crippen LogP contribution in [-0.2, 0) is 16.6 Å². The van der Waals surface area contributed by atoms with Crippen LogP contribution in [0.2, 0.25) is 0 Å². The molecule has 1 aliphatic rings. The lowest BCUT2D eigenvalue weighted by atomic mass is 9.96. The molecule has 2 aromatic carbocycles. The average molecular weight is 632 g/mol. The van der Waals surface area contributed by atoms with E-state index in [9.17, 15) is 14.4 Å². The van der Waals surface area contributed by atoms with Crippen LogP contribution in [0.4, 0.5) is 10.2 Å². The van der Waals surface area contributed by atoms with Crippen molar-refractivity contribution in [3.8, 4) is 34.2 Å². The zero-order valence-electron chi connectivity index (χ0n) is 25.7. The summed E-state index contributed by atoms with van der Waals surface area (Å²) in [6.45, 7) is 1.68. The molecule has 0 atom stereocenters. The number of hydrogen-bond acceptors (Lipinski definition) is 9. The average Bonchev–Trinajstić information content (AvgIpc) is 3.43. The lowest BCUT2D eigenvalue weighted by Gasteiger charge is -2.32. The Morgan fingerprint density at radius 3 is 2.57 bits per heavy atom. The Morgan fingerprint density at radius 2 is 1.87 bits per heavy atom. The minimum Gasteiger partial charge on any atom is -0.493 e. The molecule has 12 nitrogen and oxygen atoms in total. The van der Waals surface area contributed by atoms with Crippen molar-refractivity contribution >= 4 is 29.1 Å². The fraction of sp³-hybridized carbons (Fsp3) is 0.364. The van der Waals surface area contributed by atoms with Crippen LogP contribution in [0.15, 0.2) is 48.7 Å². The quantitative estimate of drug-likeness (QED) is 0.0779. The number of nitrogens with two attached hydrogens (primary N) is 1. The summed E-state index contributed by atoms with van der Waals surface area (Å²) in [5.74, 6) is 0.355. The Kier molecular flexibility index (Phi) is 12.0. The zero-order valence-corrected chi connectivity index (χ0v) is 25.7. The molecule has 0 unspecified atom stereocenters. The van der Waals surface area contributed by atoms with E-state index in [-0.39, 0.29) is 30.4 Å². The first kappa shape index (κ1) is 33.8. The fourth-order valence-corrected chi connectivity index (χ4v) is 5.44. The molecule has 1 aliphatic heterocycles. The SMILES string of the molecule is Cn1cc2cc(-c3c(OCCCCCCC(=O)NO)cc(N4CCC(N)CC4)nc3-c3ccc(C#N)c(F)c3)ccc2n1.O=CO. The molecule has 0 bridgehead atoms. The van der Waals surface area contributed by atoms with E-state index >= 15 is 0 Å². The maximum atomic E-state index is 14.9. The smallest absolute Gasteiger partial charge is 0.290 e. The second kappa shape index (κ2) is 16.3. The van der Waals surface area contributed by atoms with Crippen molar-refractivity contribution in [2.24, 2.45) is 12.8 Å². The van der Waals surface area contributed by atoms with Crippen molar-refractivity contribution < 1.29 is 29.0 Å². The number of nitriles is 1. The number of ether oxygens (including phenoxy) is 1. The number of halogens is 1. The molecule has 3 heterocycles. The number of hydrogen-bond donors (Lipinski definition) is 4. The number of unbranched alkanes of at least 4 members (excludes halogenated alkanes) is 3. The minimum absolute atomic E-state index is 0.0313. The van der Waals surface area contributed by atoms with Crippen molar-refractivity contribution in [1.29, 1.82) is 5.26 Å². The van der Waals surface area contributed by atoms with Gasteiger partial charge in [-0.05, 0) is 55.5 Å². The molecule has 242 valence electrons. The molecule has 5 rings (SSSR count). The van der Waals surface area contributed by atoms with Crippen molar-refractivity contribution in [3.05, 3.63) is 60.0 Å². The first-order valence-electron chi connectivity index (χ1n) is 15.1. The normalized spacial score (nSPS) is 13.1. The highest BCUT2D eigenvalue weighted by molar-refractivity contribution is 5.92. The van der Waals surface area contributed by atoms with Crippen LogP contribution >= 0.6 is 0 Å². The van der Waals surface area contributed by atoms with Gasteiger partial charge >= 0.3 is 0 Å². The van der Waals surface area contributed by atoms with Gasteiger partial charge in [-0.2, -0.15) is 10.4 Å². The summed E-state index contributed by atoms with van der Waals surface area (Å²) < 4.78 is 23.2. The predicted octanol–water partition coefficient (Wildman–Crippen LogP) is 4.78. The number of nitrogens with one attached hydrogen (secondary N) is 1. The summed E-state index contributed by atoms with van der Waals surface area (Å²) in [4.78, 5) is 26.9. The second-order valence-electron chi connectivity index (χ2n) is 11.1. The number of fused-ring (bicyclic) bond motifs is 1. The Bertz CT molecular complexity index is 1700. The number of rotatable bonds is 11. The van der Waals surface area contributed by atoms with Crippen LogP contribution in [0.1, 0.15) is 50.5 Å². The Labute approximate surface area is 266 Å². The van der Waals surface area contributed by atoms with E-state index in [1.54, 1.807) is 16.2 Å². The molecule has 13 heteroatoms. The van der Waals surface area contributed by atoms with Gasteiger partial charge in [0.1, 0.15) is 23.5 Å². The summed E-state index contributed by atoms with van der Waals surface area (Å²) in [6.07, 6.45) is 7.01. The highest BCUT2D eigenvalue weighted by Gasteiger charge is 2.24. The molecule has 2 aromatic heterocycles. The second-order valence-corrected chi connectivity index (χ2v) is 11.1. The Balaban J connectivity index is 0.00000154. The van der Waals surface area contributed by atoms with Crippen LogP contribution in [0, 0.1) is 17.1 Å². The fourth-order valence-electron chi connectivity index (χ4n) is 5.44. The van der Waals surface area contributed by atoms with Gasteiger partial charge in [0, 0.05) is 55.8 Å². The van der Waals surface area contributed by atoms with Crippen molar-refractivity contribution in [3.63, 3.8) is 0 Å². The first-order valence-corrected chi connectivity index (χ1v) is 15.1. The molecular formula is C33H38FN7O5. The Morgan fingerprint density at radius 1 is 1.15 bits per heavy atom. The summed E-state index contributed by atoms with van der Waals surface area (Å²) >= 11 is 0. The maximum Gasteiger partial charge on any atom is 0.290 e. The number of hydroxylamine groups is 1. The maximum absolute atomic E-state index is 14.9. The third-order valence-electron chi connectivity index (χ3n) is 7.78. The van der Waals surface area contributed by atoms with Crippen LogP contribution in [0.3, 0.4) is 0 Å². The van der Waals surface area contributed by atoms with Gasteiger partial charge in [0.25, 0.3) is 6.47 Å². The molecule has 46 heavy (non-hydrogen) atoms. The summed E-state index contributed by atoms with van der Waals surface area (Å²) in [5.41, 5.74) is 11.3. The molecule has 0 aliphatic carbocycles. The third-order valence-corrected chi connectivity index (χ3v) is 7.78. The van der Waals surface area contributed by atoms with Gasteiger partial charge in [-0.1, -0.05) is 25.0 Å². The van der Waals surface area contributed by atoms with Gasteiger partial charge in [0.2, 0.25) is 5.91 Å². The first-order chi connectivity index (χ1) is 22.3. The van der Waals surface area contributed by atoms with Gasteiger partial charge in [0.15, 0.2) is 0 Å². The van der Waals surface area contributed by atoms with E-state index in [0.717, 1.165) is 73.0 Å². The number of aryl methyl sites for hydroxylation is 1. The third kappa shape index (κ3) is 8.56. The number of carboxylic acid groups (broad SMARTS) is 1. The zero-order chi connectivity index (χ0) is 33.1. The van der Waals surface area contributed by atoms with Gasteiger partial charge in [-0.15, -0.1) is 0 Å². The number of carbonyl (C=O) groups excluding carboxylic acids is 1. The molecule has 1 amide bonds. The van der Waals surface area contributed by atoms with E-state index in [1.165, 1.54) is 12.1 Å². The van der Waals surface area contributed by atoms with Crippen molar-refractivity contribution in [2.45, 2.75) is 51.0 Å². The summed E-state index contributed by atoms with van der Waals surface area (Å²) in [5, 5.41) is 30.3. The number of anilines is 1. The van der Waals surface area contributed by atoms with E-state index in [0.29, 0.717) is 30.0 Å². The molecular weight excluding hydrogens is 593 g/mol. The van der Waals surface area contributed by atoms with Crippen molar-refractivity contribution in [2.75, 3.05) is 24.6 Å². The van der Waals surface area contributed by atoms with Crippen LogP contribution in [0.5, 0.6) is 5.75 Å². The highest BCUT2D eigenvalue weighted by atomic mass is 19.1. The van der Waals surface area contributed by atoms with E-state index in [4.69, 9.17) is 30.6 Å². The number of nitrogens with zero attached hydrogens (tertiary/aromatic N) is 5. The number of benzene rings is 2. The lowest BCUT2D eigenvalue weighted by Crippen LogP contribution is -2.40. The standard InChI is InChI=1S/C32H36FN7O3.CH2O2/c1-39-20-24-16-21(9-10-27(24)37-39)31-28(43-15-5-3-2-4-6-30(41)38-42)18-29(40-13-11-25(35)12-14-40)36-32(31)22-7-8-23(19-34)26(33)17-22;2-1-3/h7-10,16-18,20,25,42H,2-6,11-15,35H2,1H3,(H,38,41);1H,(H,2,3). The number of amides is 1. The number of piperidine rings is 1. The van der Waals surface area contributed by atoms with E-state index in [1.807, 2.05) is 43.6 Å². The molecule has 0 spiro atoms. The predicted molar refractivity (Wildman–Crippen MR) is 171 cm³/mol. The summed E-state index contributed by atoms with van der Waals surface area (Å²) in [6, 6.07) is 14.5. The number of aromatic nitrogens is 3. The molecule has 0 saturated carbocycles. The van der Waals surface area contributed by atoms with Gasteiger partial charge in [-0.25, -0.2) is 14.9 Å². The topological polar surface area (TPSA) is 180 Å². The summed E-state index contributed by atoms with van der Waals surface area (Å²) in [7, 11) is 1.87. The van der Waals surface area contributed by atoms with Crippen LogP contribution in [0.25, 0.3) is 33.3 Å². The molecule has 1 saturated heterocycles. The molecule has 0 radical (unpaired) electrons. The van der Waals surface area contributed by atoms with Crippen LogP contribution in [-0.4, -0.2) is 63.2 Å². The Hall–Kier alpha value is -5.06. The lowest BCUT2D eigenvalue weighted by molar-refractivity contribution is -0.129. The highest BCUT2D eigenvalue weighted by Crippen LogP contribution is 2.42. The van der Waals surface area contributed by atoms with Gasteiger partial charge < -0.3 is 20.5 Å². The largest absolute Gasteiger partial charge is 0.493 e. The molecule has 4 aromatic rings. The van der Waals surface area contributed by atoms with Crippen molar-refractivity contribution in [1.82, 2.24) is 20.2 Å². The number of carbonyl (C=O) groups is 2. The van der Waals surface area contributed by atoms with E-state index < -0.39 is 5.82 Å². The van der Waals surface area contributed by atoms with Gasteiger partial charge in [-0.3, -0.25) is 19.5 Å². The number of pyridine rings is 1. The van der Waals surface area contributed by atoms with E-state index in [2.05, 4.69) is 10.00 Å². The minimum atomic E-state index is -0.609. The van der Waals surface area contributed by atoms with Gasteiger partial charge in [0.05, 0.1) is 28.9 Å². The molecule has 5 N–H and O–H groups in total. The monoisotopic (exact) mass is 631 g/mol. The molecule has 1 fully saturated rings. The van der Waals surface area contributed by atoms with Crippen LogP contribution < -0.4 is 20.9 Å².